The fraction of sp³-hybridized carbons (Fsp3) is 0.211. The van der Waals surface area contributed by atoms with Crippen molar-refractivity contribution < 1.29 is 5.11 Å². The molecule has 2 aromatic heterocycles. The highest BCUT2D eigenvalue weighted by atomic mass is 35.5. The lowest BCUT2D eigenvalue weighted by molar-refractivity contribution is 0.473. The summed E-state index contributed by atoms with van der Waals surface area (Å²) in [4.78, 5) is 13.6. The molecule has 1 saturated carbocycles. The van der Waals surface area contributed by atoms with Gasteiger partial charge in [0.15, 0.2) is 5.75 Å². The minimum absolute atomic E-state index is 0.0534. The fourth-order valence-corrected chi connectivity index (χ4v) is 2.74. The summed E-state index contributed by atoms with van der Waals surface area (Å²) >= 11 is 6.03. The van der Waals surface area contributed by atoms with E-state index >= 15 is 0 Å². The molecule has 0 radical (unpaired) electrons. The minimum atomic E-state index is -0.0534. The monoisotopic (exact) mass is 352 g/mol. The Kier molecular flexibility index (Phi) is 4.24. The topological polar surface area (TPSA) is 70.9 Å². The van der Waals surface area contributed by atoms with Crippen molar-refractivity contribution in [3.8, 4) is 28.4 Å². The zero-order valence-corrected chi connectivity index (χ0v) is 14.2. The molecule has 0 bridgehead atoms. The highest BCUT2D eigenvalue weighted by molar-refractivity contribution is 6.32. The fourth-order valence-electron chi connectivity index (χ4n) is 2.58. The predicted octanol–water partition coefficient (Wildman–Crippen LogP) is 4.39. The highest BCUT2D eigenvalue weighted by Crippen LogP contribution is 2.33. The van der Waals surface area contributed by atoms with Gasteiger partial charge in [0, 0.05) is 12.1 Å². The molecule has 5 nitrogen and oxygen atoms in total. The maximum absolute atomic E-state index is 9.61. The van der Waals surface area contributed by atoms with Crippen LogP contribution in [-0.2, 0) is 0 Å². The van der Waals surface area contributed by atoms with E-state index in [1.807, 2.05) is 30.3 Å². The standard InChI is InChI=1S/C19H17ClN4O/c20-14-8-15(21-10-16(14)25)19-18(13-4-2-1-3-5-13)24-17(11-23-19)22-9-12-6-7-12/h1-5,8,10-12,25H,6-7,9H2,(H,22,24). The molecule has 0 unspecified atom stereocenters. The Balaban J connectivity index is 1.77. The molecular formula is C19H17ClN4O. The van der Waals surface area contributed by atoms with E-state index in [4.69, 9.17) is 16.6 Å². The lowest BCUT2D eigenvalue weighted by Crippen LogP contribution is -2.07. The van der Waals surface area contributed by atoms with Crippen LogP contribution in [0.2, 0.25) is 5.02 Å². The lowest BCUT2D eigenvalue weighted by atomic mass is 10.1. The van der Waals surface area contributed by atoms with Crippen molar-refractivity contribution >= 4 is 17.4 Å². The van der Waals surface area contributed by atoms with E-state index in [1.54, 1.807) is 12.3 Å². The summed E-state index contributed by atoms with van der Waals surface area (Å²) in [6.07, 6.45) is 5.60. The molecule has 1 aliphatic rings. The molecule has 25 heavy (non-hydrogen) atoms. The van der Waals surface area contributed by atoms with Gasteiger partial charge >= 0.3 is 0 Å². The van der Waals surface area contributed by atoms with Gasteiger partial charge in [0.1, 0.15) is 17.2 Å². The second-order valence-corrected chi connectivity index (χ2v) is 6.57. The molecule has 1 fully saturated rings. The van der Waals surface area contributed by atoms with Crippen molar-refractivity contribution in [3.05, 3.63) is 53.8 Å². The quantitative estimate of drug-likeness (QED) is 0.712. The largest absolute Gasteiger partial charge is 0.505 e. The number of halogens is 1. The summed E-state index contributed by atoms with van der Waals surface area (Å²) in [5, 5.41) is 13.2. The Morgan fingerprint density at radius 3 is 2.60 bits per heavy atom. The van der Waals surface area contributed by atoms with Crippen LogP contribution in [0.3, 0.4) is 0 Å². The molecular weight excluding hydrogens is 336 g/mol. The van der Waals surface area contributed by atoms with E-state index in [9.17, 15) is 5.11 Å². The zero-order valence-electron chi connectivity index (χ0n) is 13.5. The Morgan fingerprint density at radius 1 is 1.08 bits per heavy atom. The normalized spacial score (nSPS) is 13.6. The molecule has 2 heterocycles. The molecule has 0 atom stereocenters. The smallest absolute Gasteiger partial charge is 0.152 e. The van der Waals surface area contributed by atoms with E-state index in [-0.39, 0.29) is 10.8 Å². The van der Waals surface area contributed by atoms with E-state index in [2.05, 4.69) is 15.3 Å². The first-order valence-electron chi connectivity index (χ1n) is 8.22. The van der Waals surface area contributed by atoms with Crippen LogP contribution in [0.15, 0.2) is 48.8 Å². The van der Waals surface area contributed by atoms with Crippen LogP contribution < -0.4 is 5.32 Å². The summed E-state index contributed by atoms with van der Waals surface area (Å²) in [6, 6.07) is 11.5. The van der Waals surface area contributed by atoms with Crippen LogP contribution in [0.1, 0.15) is 12.8 Å². The van der Waals surface area contributed by atoms with Crippen LogP contribution in [0.4, 0.5) is 5.82 Å². The van der Waals surface area contributed by atoms with Crippen molar-refractivity contribution in [1.29, 1.82) is 0 Å². The first kappa shape index (κ1) is 15.8. The number of rotatable bonds is 5. The van der Waals surface area contributed by atoms with Gasteiger partial charge in [0.05, 0.1) is 23.1 Å². The van der Waals surface area contributed by atoms with Crippen molar-refractivity contribution in [2.24, 2.45) is 5.92 Å². The second-order valence-electron chi connectivity index (χ2n) is 6.16. The van der Waals surface area contributed by atoms with Crippen molar-refractivity contribution in [2.45, 2.75) is 12.8 Å². The molecule has 1 aliphatic carbocycles. The number of anilines is 1. The van der Waals surface area contributed by atoms with Crippen LogP contribution in [0.25, 0.3) is 22.6 Å². The molecule has 4 rings (SSSR count). The summed E-state index contributed by atoms with van der Waals surface area (Å²) in [7, 11) is 0. The van der Waals surface area contributed by atoms with Crippen LogP contribution >= 0.6 is 11.6 Å². The number of nitrogens with zero attached hydrogens (tertiary/aromatic N) is 3. The Morgan fingerprint density at radius 2 is 1.88 bits per heavy atom. The van der Waals surface area contributed by atoms with Crippen LogP contribution in [0, 0.1) is 5.92 Å². The van der Waals surface area contributed by atoms with E-state index in [0.717, 1.165) is 29.5 Å². The first-order valence-corrected chi connectivity index (χ1v) is 8.60. The molecule has 0 aliphatic heterocycles. The van der Waals surface area contributed by atoms with E-state index in [0.29, 0.717) is 11.4 Å². The Hall–Kier alpha value is -2.66. The number of aromatic hydroxyl groups is 1. The highest BCUT2D eigenvalue weighted by Gasteiger charge is 2.21. The maximum atomic E-state index is 9.61. The average molecular weight is 353 g/mol. The SMILES string of the molecule is Oc1cnc(-c2ncc(NCC3CC3)nc2-c2ccccc2)cc1Cl. The number of hydrogen-bond acceptors (Lipinski definition) is 5. The molecule has 0 amide bonds. The van der Waals surface area contributed by atoms with Gasteiger partial charge in [0.25, 0.3) is 0 Å². The maximum Gasteiger partial charge on any atom is 0.152 e. The van der Waals surface area contributed by atoms with Gasteiger partial charge in [-0.15, -0.1) is 0 Å². The third-order valence-electron chi connectivity index (χ3n) is 4.17. The number of hydrogen-bond donors (Lipinski definition) is 2. The zero-order chi connectivity index (χ0) is 17.2. The minimum Gasteiger partial charge on any atom is -0.505 e. The van der Waals surface area contributed by atoms with Gasteiger partial charge in [0.2, 0.25) is 0 Å². The van der Waals surface area contributed by atoms with Gasteiger partial charge in [-0.25, -0.2) is 9.97 Å². The van der Waals surface area contributed by atoms with Gasteiger partial charge in [-0.3, -0.25) is 4.98 Å². The first-order chi connectivity index (χ1) is 12.2. The molecule has 3 aromatic rings. The Bertz CT molecular complexity index is 897. The van der Waals surface area contributed by atoms with Gasteiger partial charge in [-0.1, -0.05) is 41.9 Å². The third-order valence-corrected chi connectivity index (χ3v) is 4.47. The molecule has 0 spiro atoms. The summed E-state index contributed by atoms with van der Waals surface area (Å²) in [5.41, 5.74) is 2.88. The average Bonchev–Trinajstić information content (AvgIpc) is 3.47. The second kappa shape index (κ2) is 6.69. The number of pyridine rings is 1. The van der Waals surface area contributed by atoms with Gasteiger partial charge < -0.3 is 10.4 Å². The molecule has 1 aromatic carbocycles. The summed E-state index contributed by atoms with van der Waals surface area (Å²) in [5.74, 6) is 1.45. The van der Waals surface area contributed by atoms with Gasteiger partial charge in [-0.05, 0) is 24.8 Å². The number of nitrogens with one attached hydrogen (secondary N) is 1. The van der Waals surface area contributed by atoms with Crippen LogP contribution in [0.5, 0.6) is 5.75 Å². The predicted molar refractivity (Wildman–Crippen MR) is 98.6 cm³/mol. The van der Waals surface area contributed by atoms with Crippen molar-refractivity contribution in [3.63, 3.8) is 0 Å². The Labute approximate surface area is 150 Å². The van der Waals surface area contributed by atoms with E-state index < -0.39 is 0 Å². The molecule has 2 N–H and O–H groups in total. The lowest BCUT2D eigenvalue weighted by Gasteiger charge is -2.11. The third kappa shape index (κ3) is 3.56. The molecule has 126 valence electrons. The number of aromatic nitrogens is 3. The summed E-state index contributed by atoms with van der Waals surface area (Å²) < 4.78 is 0. The summed E-state index contributed by atoms with van der Waals surface area (Å²) in [6.45, 7) is 0.922. The van der Waals surface area contributed by atoms with Crippen LogP contribution in [-0.4, -0.2) is 26.6 Å². The number of benzene rings is 1. The van der Waals surface area contributed by atoms with Crippen molar-refractivity contribution in [2.75, 3.05) is 11.9 Å². The van der Waals surface area contributed by atoms with Gasteiger partial charge in [-0.2, -0.15) is 0 Å². The molecule has 6 heteroatoms. The molecule has 0 saturated heterocycles. The van der Waals surface area contributed by atoms with Crippen molar-refractivity contribution in [1.82, 2.24) is 15.0 Å². The van der Waals surface area contributed by atoms with E-state index in [1.165, 1.54) is 19.0 Å².